The molecule has 1 aliphatic rings. The van der Waals surface area contributed by atoms with Gasteiger partial charge < -0.3 is 9.64 Å². The highest BCUT2D eigenvalue weighted by atomic mass is 16.6. The normalized spacial score (nSPS) is 14.7. The molecule has 0 saturated carbocycles. The number of anilines is 1. The van der Waals surface area contributed by atoms with Crippen LogP contribution >= 0.6 is 0 Å². The molecule has 0 aromatic heterocycles. The van der Waals surface area contributed by atoms with Gasteiger partial charge in [-0.15, -0.1) is 0 Å². The maximum Gasteiger partial charge on any atom is 0.410 e. The van der Waals surface area contributed by atoms with Crippen LogP contribution in [0.2, 0.25) is 0 Å². The van der Waals surface area contributed by atoms with Crippen molar-refractivity contribution >= 4 is 17.7 Å². The van der Waals surface area contributed by atoms with Gasteiger partial charge in [0, 0.05) is 19.0 Å². The average molecular weight is 353 g/mol. The van der Waals surface area contributed by atoms with E-state index in [9.17, 15) is 9.59 Å². The maximum absolute atomic E-state index is 12.6. The first-order chi connectivity index (χ1) is 12.6. The zero-order valence-electron chi connectivity index (χ0n) is 14.6. The third-order valence-corrected chi connectivity index (χ3v) is 4.58. The van der Waals surface area contributed by atoms with Crippen LogP contribution in [0.15, 0.2) is 60.7 Å². The van der Waals surface area contributed by atoms with Crippen molar-refractivity contribution in [3.63, 3.8) is 0 Å². The predicted octanol–water partition coefficient (Wildman–Crippen LogP) is 2.94. The Morgan fingerprint density at radius 2 is 1.58 bits per heavy atom. The first-order valence-corrected chi connectivity index (χ1v) is 8.74. The molecule has 2 aromatic rings. The minimum absolute atomic E-state index is 0.117. The number of likely N-dealkylation sites (tertiary alicyclic amines) is 1. The third kappa shape index (κ3) is 4.40. The lowest BCUT2D eigenvalue weighted by Crippen LogP contribution is -2.47. The van der Waals surface area contributed by atoms with Gasteiger partial charge in [-0.25, -0.2) is 15.6 Å². The molecule has 6 heteroatoms. The average Bonchev–Trinajstić information content (AvgIpc) is 2.72. The minimum atomic E-state index is -0.340. The number of rotatable bonds is 4. The molecule has 0 radical (unpaired) electrons. The van der Waals surface area contributed by atoms with Crippen molar-refractivity contribution in [2.24, 2.45) is 11.8 Å². The largest absolute Gasteiger partial charge is 0.445 e. The topological polar surface area (TPSA) is 75.9 Å². The van der Waals surface area contributed by atoms with E-state index in [2.05, 4.69) is 0 Å². The molecular weight excluding hydrogens is 330 g/mol. The number of hydrazine groups is 1. The number of hydrogen-bond acceptors (Lipinski definition) is 4. The van der Waals surface area contributed by atoms with Crippen molar-refractivity contribution in [3.8, 4) is 0 Å². The number of piperidine rings is 1. The molecular formula is C20H23N3O3. The Morgan fingerprint density at radius 3 is 2.19 bits per heavy atom. The Bertz CT molecular complexity index is 728. The lowest BCUT2D eigenvalue weighted by Gasteiger charge is -2.32. The zero-order valence-corrected chi connectivity index (χ0v) is 14.6. The fourth-order valence-electron chi connectivity index (χ4n) is 3.03. The molecule has 2 N–H and O–H groups in total. The molecule has 3 rings (SSSR count). The van der Waals surface area contributed by atoms with E-state index in [4.69, 9.17) is 10.6 Å². The van der Waals surface area contributed by atoms with Gasteiger partial charge in [-0.05, 0) is 30.5 Å². The number of amides is 2. The van der Waals surface area contributed by atoms with E-state index < -0.39 is 0 Å². The monoisotopic (exact) mass is 353 g/mol. The van der Waals surface area contributed by atoms with Gasteiger partial charge in [0.1, 0.15) is 6.61 Å². The number of nitrogens with two attached hydrogens (primary N) is 1. The number of nitrogens with zero attached hydrogens (tertiary/aromatic N) is 2. The summed E-state index contributed by atoms with van der Waals surface area (Å²) in [7, 11) is 0. The second-order valence-electron chi connectivity index (χ2n) is 6.35. The van der Waals surface area contributed by atoms with E-state index in [0.29, 0.717) is 31.6 Å². The van der Waals surface area contributed by atoms with Crippen LogP contribution in [0.4, 0.5) is 10.5 Å². The first kappa shape index (κ1) is 17.9. The number of carbonyl (C=O) groups excluding carboxylic acids is 2. The molecule has 0 aliphatic carbocycles. The molecule has 1 aliphatic heterocycles. The smallest absolute Gasteiger partial charge is 0.410 e. The van der Waals surface area contributed by atoms with E-state index in [-0.39, 0.29) is 24.5 Å². The Hall–Kier alpha value is -2.86. The van der Waals surface area contributed by atoms with Gasteiger partial charge in [-0.2, -0.15) is 0 Å². The second kappa shape index (κ2) is 8.49. The molecule has 0 atom stereocenters. The summed E-state index contributed by atoms with van der Waals surface area (Å²) in [4.78, 5) is 26.4. The van der Waals surface area contributed by atoms with Gasteiger partial charge in [0.25, 0.3) is 0 Å². The molecule has 2 aromatic carbocycles. The summed E-state index contributed by atoms with van der Waals surface area (Å²) in [6.45, 7) is 1.24. The number of para-hydroxylation sites is 1. The van der Waals surface area contributed by atoms with Crippen molar-refractivity contribution in [2.45, 2.75) is 19.4 Å². The molecule has 6 nitrogen and oxygen atoms in total. The summed E-state index contributed by atoms with van der Waals surface area (Å²) in [6, 6.07) is 18.7. The summed E-state index contributed by atoms with van der Waals surface area (Å²) in [5, 5.41) is 1.20. The lowest BCUT2D eigenvalue weighted by atomic mass is 9.96. The fraction of sp³-hybridized carbons (Fsp3) is 0.300. The predicted molar refractivity (Wildman–Crippen MR) is 99.0 cm³/mol. The fourth-order valence-corrected chi connectivity index (χ4v) is 3.03. The Kier molecular flexibility index (Phi) is 5.86. The Balaban J connectivity index is 1.47. The minimum Gasteiger partial charge on any atom is -0.445 e. The molecule has 1 heterocycles. The molecule has 0 spiro atoms. The van der Waals surface area contributed by atoms with Gasteiger partial charge in [0.15, 0.2) is 0 Å². The highest BCUT2D eigenvalue weighted by molar-refractivity contribution is 5.94. The van der Waals surface area contributed by atoms with E-state index in [0.717, 1.165) is 5.56 Å². The second-order valence-corrected chi connectivity index (χ2v) is 6.35. The molecule has 136 valence electrons. The zero-order chi connectivity index (χ0) is 18.4. The van der Waals surface area contributed by atoms with Gasteiger partial charge in [0.2, 0.25) is 5.91 Å². The van der Waals surface area contributed by atoms with Gasteiger partial charge in [-0.3, -0.25) is 4.79 Å². The molecule has 1 fully saturated rings. The highest BCUT2D eigenvalue weighted by Gasteiger charge is 2.30. The number of benzene rings is 2. The quantitative estimate of drug-likeness (QED) is 0.521. The van der Waals surface area contributed by atoms with Crippen molar-refractivity contribution in [2.75, 3.05) is 18.1 Å². The number of ether oxygens (including phenoxy) is 1. The Labute approximate surface area is 153 Å². The number of hydrogen-bond donors (Lipinski definition) is 1. The van der Waals surface area contributed by atoms with Crippen LogP contribution in [-0.4, -0.2) is 30.0 Å². The summed E-state index contributed by atoms with van der Waals surface area (Å²) in [6.07, 6.45) is 0.826. The summed E-state index contributed by atoms with van der Waals surface area (Å²) in [5.74, 6) is 5.66. The summed E-state index contributed by atoms with van der Waals surface area (Å²) >= 11 is 0. The van der Waals surface area contributed by atoms with Crippen LogP contribution < -0.4 is 10.9 Å². The number of carbonyl (C=O) groups is 2. The van der Waals surface area contributed by atoms with Gasteiger partial charge >= 0.3 is 6.09 Å². The molecule has 26 heavy (non-hydrogen) atoms. The van der Waals surface area contributed by atoms with Crippen molar-refractivity contribution in [1.82, 2.24) is 4.90 Å². The third-order valence-electron chi connectivity index (χ3n) is 4.58. The lowest BCUT2D eigenvalue weighted by molar-refractivity contribution is -0.123. The van der Waals surface area contributed by atoms with Crippen LogP contribution in [0.3, 0.4) is 0 Å². The SMILES string of the molecule is NN(C(=O)C1CCN(C(=O)OCc2ccccc2)CC1)c1ccccc1. The maximum atomic E-state index is 12.6. The van der Waals surface area contributed by atoms with Gasteiger partial charge in [-0.1, -0.05) is 48.5 Å². The van der Waals surface area contributed by atoms with Crippen LogP contribution in [0, 0.1) is 5.92 Å². The standard InChI is InChI=1S/C20H23N3O3/c21-23(18-9-5-2-6-10-18)19(24)17-11-13-22(14-12-17)20(25)26-15-16-7-3-1-4-8-16/h1-10,17H,11-15,21H2. The van der Waals surface area contributed by atoms with Crippen LogP contribution in [0.1, 0.15) is 18.4 Å². The highest BCUT2D eigenvalue weighted by Crippen LogP contribution is 2.22. The molecule has 0 unspecified atom stereocenters. The van der Waals surface area contributed by atoms with E-state index in [1.807, 2.05) is 48.5 Å². The molecule has 0 bridgehead atoms. The molecule has 2 amide bonds. The van der Waals surface area contributed by atoms with Crippen molar-refractivity contribution in [1.29, 1.82) is 0 Å². The van der Waals surface area contributed by atoms with E-state index in [1.54, 1.807) is 17.0 Å². The van der Waals surface area contributed by atoms with Crippen LogP contribution in [0.25, 0.3) is 0 Å². The van der Waals surface area contributed by atoms with Crippen molar-refractivity contribution < 1.29 is 14.3 Å². The molecule has 1 saturated heterocycles. The summed E-state index contributed by atoms with van der Waals surface area (Å²) < 4.78 is 5.35. The first-order valence-electron chi connectivity index (χ1n) is 8.74. The van der Waals surface area contributed by atoms with Crippen LogP contribution in [0.5, 0.6) is 0 Å². The Morgan fingerprint density at radius 1 is 1.00 bits per heavy atom. The van der Waals surface area contributed by atoms with E-state index >= 15 is 0 Å². The van der Waals surface area contributed by atoms with Crippen molar-refractivity contribution in [3.05, 3.63) is 66.2 Å². The van der Waals surface area contributed by atoms with Gasteiger partial charge in [0.05, 0.1) is 5.69 Å². The van der Waals surface area contributed by atoms with E-state index in [1.165, 1.54) is 5.01 Å². The van der Waals surface area contributed by atoms with Crippen LogP contribution in [-0.2, 0) is 16.1 Å². The summed E-state index contributed by atoms with van der Waals surface area (Å²) in [5.41, 5.74) is 1.62.